The van der Waals surface area contributed by atoms with Crippen LogP contribution in [-0.4, -0.2) is 42.3 Å². The maximum Gasteiger partial charge on any atom is 0.277 e. The van der Waals surface area contributed by atoms with Crippen LogP contribution in [0.15, 0.2) is 57.2 Å². The van der Waals surface area contributed by atoms with Crippen molar-refractivity contribution in [3.63, 3.8) is 0 Å². The number of aryl methyl sites for hydroxylation is 3. The second kappa shape index (κ2) is 11.9. The second-order valence-corrected chi connectivity index (χ2v) is 7.90. The number of thioether (sulfide) groups is 1. The molecule has 0 aliphatic rings. The number of amides is 1. The quantitative estimate of drug-likeness (QED) is 0.267. The van der Waals surface area contributed by atoms with Gasteiger partial charge in [-0.2, -0.15) is 5.10 Å². The van der Waals surface area contributed by atoms with E-state index < -0.39 is 0 Å². The molecule has 0 spiro atoms. The molecule has 32 heavy (non-hydrogen) atoms. The Morgan fingerprint density at radius 1 is 1.12 bits per heavy atom. The smallest absolute Gasteiger partial charge is 0.277 e. The number of nitrogens with zero attached hydrogens (tertiary/aromatic N) is 3. The number of nitrogens with one attached hydrogen (secondary N) is 1. The minimum Gasteiger partial charge on any atom is -0.497 e. The van der Waals surface area contributed by atoms with Crippen molar-refractivity contribution in [3.05, 3.63) is 65.0 Å². The van der Waals surface area contributed by atoms with E-state index in [0.717, 1.165) is 35.5 Å². The largest absolute Gasteiger partial charge is 0.497 e. The standard InChI is InChI=1S/C23H26N4O4S/c1-16-13-17(9-12-20(16)30-3)5-4-6-22-26-27-23(31-22)32-15-21(28)25-24-14-18-7-10-19(29-2)11-8-18/h7-14H,4-6,15H2,1-3H3,(H,25,28). The normalized spacial score (nSPS) is 11.0. The summed E-state index contributed by atoms with van der Waals surface area (Å²) in [4.78, 5) is 12.0. The molecule has 0 aliphatic carbocycles. The third-order valence-corrected chi connectivity index (χ3v) is 5.43. The van der Waals surface area contributed by atoms with Crippen molar-refractivity contribution in [1.82, 2.24) is 15.6 Å². The third kappa shape index (κ3) is 7.12. The van der Waals surface area contributed by atoms with Crippen molar-refractivity contribution in [2.24, 2.45) is 5.10 Å². The van der Waals surface area contributed by atoms with Crippen LogP contribution in [0.25, 0.3) is 0 Å². The zero-order chi connectivity index (χ0) is 22.8. The van der Waals surface area contributed by atoms with E-state index in [2.05, 4.69) is 32.9 Å². The zero-order valence-electron chi connectivity index (χ0n) is 18.3. The molecule has 1 aromatic heterocycles. The van der Waals surface area contributed by atoms with Crippen LogP contribution in [0.3, 0.4) is 0 Å². The number of hydrogen-bond donors (Lipinski definition) is 1. The molecule has 0 radical (unpaired) electrons. The molecule has 1 heterocycles. The summed E-state index contributed by atoms with van der Waals surface area (Å²) in [6, 6.07) is 13.5. The molecule has 1 N–H and O–H groups in total. The maximum atomic E-state index is 12.0. The fraction of sp³-hybridized carbons (Fsp3) is 0.304. The predicted molar refractivity (Wildman–Crippen MR) is 124 cm³/mol. The molecule has 0 aliphatic heterocycles. The van der Waals surface area contributed by atoms with Gasteiger partial charge in [0, 0.05) is 6.42 Å². The summed E-state index contributed by atoms with van der Waals surface area (Å²) >= 11 is 1.18. The molecule has 0 saturated carbocycles. The summed E-state index contributed by atoms with van der Waals surface area (Å²) in [6.45, 7) is 2.03. The Morgan fingerprint density at radius 3 is 2.66 bits per heavy atom. The molecule has 0 fully saturated rings. The number of benzene rings is 2. The average Bonchev–Trinajstić information content (AvgIpc) is 3.26. The molecule has 168 valence electrons. The van der Waals surface area contributed by atoms with Gasteiger partial charge >= 0.3 is 0 Å². The molecular formula is C23H26N4O4S. The van der Waals surface area contributed by atoms with Crippen LogP contribution in [0.2, 0.25) is 0 Å². The van der Waals surface area contributed by atoms with E-state index >= 15 is 0 Å². The van der Waals surface area contributed by atoms with Crippen molar-refractivity contribution in [3.8, 4) is 11.5 Å². The first-order valence-corrected chi connectivity index (χ1v) is 11.1. The number of carbonyl (C=O) groups is 1. The van der Waals surface area contributed by atoms with Gasteiger partial charge in [0.15, 0.2) is 0 Å². The van der Waals surface area contributed by atoms with Gasteiger partial charge in [0.25, 0.3) is 11.1 Å². The van der Waals surface area contributed by atoms with Gasteiger partial charge in [0.05, 0.1) is 26.2 Å². The van der Waals surface area contributed by atoms with E-state index in [1.165, 1.54) is 17.3 Å². The SMILES string of the molecule is COc1ccc(C=NNC(=O)CSc2nnc(CCCc3ccc(OC)c(C)c3)o2)cc1. The molecule has 0 bridgehead atoms. The highest BCUT2D eigenvalue weighted by Crippen LogP contribution is 2.20. The van der Waals surface area contributed by atoms with Crippen LogP contribution in [-0.2, 0) is 17.6 Å². The molecule has 0 atom stereocenters. The number of methoxy groups -OCH3 is 2. The number of carbonyl (C=O) groups excluding carboxylic acids is 1. The monoisotopic (exact) mass is 454 g/mol. The molecular weight excluding hydrogens is 428 g/mol. The Balaban J connectivity index is 1.37. The van der Waals surface area contributed by atoms with Gasteiger partial charge in [0.1, 0.15) is 11.5 Å². The minimum absolute atomic E-state index is 0.132. The molecule has 2 aromatic carbocycles. The molecule has 8 nitrogen and oxygen atoms in total. The average molecular weight is 455 g/mol. The van der Waals surface area contributed by atoms with Crippen LogP contribution in [0, 0.1) is 6.92 Å². The van der Waals surface area contributed by atoms with E-state index in [0.29, 0.717) is 17.5 Å². The van der Waals surface area contributed by atoms with Gasteiger partial charge in [-0.1, -0.05) is 23.9 Å². The first-order chi connectivity index (χ1) is 15.6. The summed E-state index contributed by atoms with van der Waals surface area (Å²) in [7, 11) is 3.28. The number of rotatable bonds is 11. The van der Waals surface area contributed by atoms with Crippen LogP contribution in [0.4, 0.5) is 0 Å². The Hall–Kier alpha value is -3.33. The molecule has 3 rings (SSSR count). The number of hydrazone groups is 1. The summed E-state index contributed by atoms with van der Waals surface area (Å²) in [5, 5.41) is 12.4. The van der Waals surface area contributed by atoms with E-state index in [1.54, 1.807) is 20.4 Å². The lowest BCUT2D eigenvalue weighted by molar-refractivity contribution is -0.118. The summed E-state index contributed by atoms with van der Waals surface area (Å²) in [5.41, 5.74) is 5.69. The summed E-state index contributed by atoms with van der Waals surface area (Å²) < 4.78 is 16.0. The van der Waals surface area contributed by atoms with E-state index in [9.17, 15) is 4.79 Å². The first kappa shape index (κ1) is 23.3. The van der Waals surface area contributed by atoms with Crippen molar-refractivity contribution in [2.45, 2.75) is 31.4 Å². The Bertz CT molecular complexity index is 1050. The van der Waals surface area contributed by atoms with E-state index in [-0.39, 0.29) is 11.7 Å². The van der Waals surface area contributed by atoms with E-state index in [4.69, 9.17) is 13.9 Å². The van der Waals surface area contributed by atoms with Crippen molar-refractivity contribution in [1.29, 1.82) is 0 Å². The second-order valence-electron chi connectivity index (χ2n) is 6.97. The highest BCUT2D eigenvalue weighted by Gasteiger charge is 2.10. The maximum absolute atomic E-state index is 12.0. The molecule has 3 aromatic rings. The van der Waals surface area contributed by atoms with E-state index in [1.807, 2.05) is 37.3 Å². The number of ether oxygens (including phenoxy) is 2. The summed E-state index contributed by atoms with van der Waals surface area (Å²) in [5.74, 6) is 2.09. The van der Waals surface area contributed by atoms with Gasteiger partial charge in [-0.25, -0.2) is 5.43 Å². The minimum atomic E-state index is -0.255. The lowest BCUT2D eigenvalue weighted by atomic mass is 10.1. The van der Waals surface area contributed by atoms with Crippen molar-refractivity contribution in [2.75, 3.05) is 20.0 Å². The van der Waals surface area contributed by atoms with Crippen LogP contribution >= 0.6 is 11.8 Å². The van der Waals surface area contributed by atoms with Crippen LogP contribution in [0.5, 0.6) is 11.5 Å². The topological polar surface area (TPSA) is 98.8 Å². The van der Waals surface area contributed by atoms with Gasteiger partial charge < -0.3 is 13.9 Å². The molecule has 9 heteroatoms. The van der Waals surface area contributed by atoms with Crippen molar-refractivity contribution < 1.29 is 18.7 Å². The lowest BCUT2D eigenvalue weighted by Crippen LogP contribution is -2.19. The zero-order valence-corrected chi connectivity index (χ0v) is 19.1. The Kier molecular flexibility index (Phi) is 8.68. The number of hydrogen-bond acceptors (Lipinski definition) is 8. The fourth-order valence-electron chi connectivity index (χ4n) is 2.97. The van der Waals surface area contributed by atoms with Gasteiger partial charge in [-0.05, 0) is 66.8 Å². The van der Waals surface area contributed by atoms with Crippen LogP contribution in [0.1, 0.15) is 29.0 Å². The van der Waals surface area contributed by atoms with Gasteiger partial charge in [-0.15, -0.1) is 10.2 Å². The molecule has 0 saturated heterocycles. The van der Waals surface area contributed by atoms with Crippen LogP contribution < -0.4 is 14.9 Å². The third-order valence-electron chi connectivity index (χ3n) is 4.61. The van der Waals surface area contributed by atoms with Crippen molar-refractivity contribution >= 4 is 23.9 Å². The highest BCUT2D eigenvalue weighted by atomic mass is 32.2. The Labute approximate surface area is 191 Å². The Morgan fingerprint density at radius 2 is 1.94 bits per heavy atom. The highest BCUT2D eigenvalue weighted by molar-refractivity contribution is 7.99. The lowest BCUT2D eigenvalue weighted by Gasteiger charge is -2.06. The number of aromatic nitrogens is 2. The first-order valence-electron chi connectivity index (χ1n) is 10.1. The summed E-state index contributed by atoms with van der Waals surface area (Å²) in [6.07, 6.45) is 4.04. The fourth-order valence-corrected chi connectivity index (χ4v) is 3.54. The van der Waals surface area contributed by atoms with Gasteiger partial charge in [0.2, 0.25) is 5.89 Å². The molecule has 0 unspecified atom stereocenters. The predicted octanol–water partition coefficient (Wildman–Crippen LogP) is 3.81. The molecule has 1 amide bonds. The van der Waals surface area contributed by atoms with Gasteiger partial charge in [-0.3, -0.25) is 4.79 Å².